The van der Waals surface area contributed by atoms with Crippen molar-refractivity contribution in [3.63, 3.8) is 0 Å². The average Bonchev–Trinajstić information content (AvgIpc) is 3.65. The molecule has 0 aliphatic carbocycles. The van der Waals surface area contributed by atoms with E-state index in [0.29, 0.717) is 30.3 Å². The summed E-state index contributed by atoms with van der Waals surface area (Å²) in [6.07, 6.45) is 5.26. The van der Waals surface area contributed by atoms with Crippen LogP contribution in [0.4, 0.5) is 0 Å². The van der Waals surface area contributed by atoms with Gasteiger partial charge in [0.15, 0.2) is 0 Å². The lowest BCUT2D eigenvalue weighted by molar-refractivity contribution is -0.110. The Bertz CT molecular complexity index is 543. The second-order valence-corrected chi connectivity index (χ2v) is 13.0. The highest BCUT2D eigenvalue weighted by Crippen LogP contribution is 2.22. The van der Waals surface area contributed by atoms with Crippen LogP contribution in [0.5, 0.6) is 0 Å². The van der Waals surface area contributed by atoms with Crippen LogP contribution in [0.3, 0.4) is 0 Å². The summed E-state index contributed by atoms with van der Waals surface area (Å²) in [5.74, 6) is 1.84. The van der Waals surface area contributed by atoms with E-state index in [1.165, 1.54) is 0 Å². The molecule has 248 valence electrons. The summed E-state index contributed by atoms with van der Waals surface area (Å²) in [5.41, 5.74) is 0. The third-order valence-corrected chi connectivity index (χ3v) is 8.78. The van der Waals surface area contributed by atoms with Gasteiger partial charge in [-0.05, 0) is 57.3 Å². The van der Waals surface area contributed by atoms with E-state index in [1.54, 1.807) is 0 Å². The van der Waals surface area contributed by atoms with Crippen LogP contribution in [0.2, 0.25) is 0 Å². The van der Waals surface area contributed by atoms with Crippen molar-refractivity contribution in [1.29, 1.82) is 0 Å². The Labute approximate surface area is 271 Å². The summed E-state index contributed by atoms with van der Waals surface area (Å²) in [4.78, 5) is 10.1. The van der Waals surface area contributed by atoms with Crippen LogP contribution in [0.15, 0.2) is 0 Å². The first-order valence-corrected chi connectivity index (χ1v) is 15.5. The highest BCUT2D eigenvalue weighted by Gasteiger charge is 2.24. The normalized spacial score (nSPS) is 27.5. The van der Waals surface area contributed by atoms with Gasteiger partial charge in [-0.2, -0.15) is 27.0 Å². The molecule has 0 aromatic rings. The molecule has 4 aliphatic rings. The van der Waals surface area contributed by atoms with Crippen molar-refractivity contribution in [3.05, 3.63) is 0 Å². The van der Waals surface area contributed by atoms with Gasteiger partial charge in [0.2, 0.25) is 0 Å². The number of aldehydes is 1. The summed E-state index contributed by atoms with van der Waals surface area (Å²) < 4.78 is 8.62. The van der Waals surface area contributed by atoms with Gasteiger partial charge < -0.3 is 20.1 Å². The van der Waals surface area contributed by atoms with E-state index in [-0.39, 0.29) is 54.1 Å². The Morgan fingerprint density at radius 3 is 1.20 bits per heavy atom. The zero-order valence-corrected chi connectivity index (χ0v) is 30.7. The fourth-order valence-corrected chi connectivity index (χ4v) is 6.06. The Morgan fingerprint density at radius 2 is 1.05 bits per heavy atom. The van der Waals surface area contributed by atoms with Crippen LogP contribution in [-0.4, -0.2) is 111 Å². The van der Waals surface area contributed by atoms with E-state index in [1.807, 2.05) is 27.7 Å². The highest BCUT2D eigenvalue weighted by molar-refractivity contribution is 7.59. The number of nitrogens with zero attached hydrogens (tertiary/aromatic N) is 4. The lowest BCUT2D eigenvalue weighted by Crippen LogP contribution is -2.18. The predicted molar refractivity (Wildman–Crippen MR) is 200 cm³/mol. The monoisotopic (exact) mass is 688 g/mol. The number of hydrogen-bond acceptors (Lipinski definition) is 8. The first kappa shape index (κ1) is 51.4. The standard InChI is InChI=1S/2C6H14NOP.C5H12NOP.C5H10NOP.C2H6.2CH4.2H2S/c2*1-5(8)6-2-3-7(9)4-6;2*7-4-5-1-2-6(8)3-5;1-2;;;;/h2*5-6,8H,2-4,9H2,1H3;5,7H,1-4,8H2;4-5H,1-3,8H2;1-2H3;2*1H4;2*1H2/t5-,6+;5-,6-;2*5-;;;;;/m1000...../s1. The molecular weight excluding hydrogens is 620 g/mol. The number of rotatable bonds is 4. The molecule has 0 saturated carbocycles. The maximum Gasteiger partial charge on any atom is 0.124 e. The topological polar surface area (TPSA) is 90.7 Å². The molecule has 4 heterocycles. The third-order valence-electron chi connectivity index (χ3n) is 6.90. The van der Waals surface area contributed by atoms with Crippen molar-refractivity contribution in [1.82, 2.24) is 18.7 Å². The first-order chi connectivity index (χ1) is 17.0. The van der Waals surface area contributed by atoms with Crippen LogP contribution < -0.4 is 0 Å². The molecule has 0 aromatic heterocycles. The number of aliphatic hydroxyl groups is 3. The van der Waals surface area contributed by atoms with Crippen LogP contribution in [0, 0.1) is 23.7 Å². The van der Waals surface area contributed by atoms with E-state index < -0.39 is 0 Å². The van der Waals surface area contributed by atoms with Crippen LogP contribution in [0.25, 0.3) is 0 Å². The van der Waals surface area contributed by atoms with Crippen LogP contribution in [-0.2, 0) is 4.79 Å². The van der Waals surface area contributed by atoms with E-state index in [0.717, 1.165) is 84.3 Å². The first-order valence-electron chi connectivity index (χ1n) is 13.5. The van der Waals surface area contributed by atoms with Gasteiger partial charge in [0.25, 0.3) is 0 Å². The molecular formula is C26H68N4O4P4S2. The zero-order valence-electron chi connectivity index (χ0n) is 24.1. The Hall–Kier alpha value is 1.81. The molecule has 4 saturated heterocycles. The van der Waals surface area contributed by atoms with Gasteiger partial charge in [-0.25, -0.2) is 0 Å². The quantitative estimate of drug-likeness (QED) is 0.303. The minimum atomic E-state index is -0.129. The lowest BCUT2D eigenvalue weighted by Gasteiger charge is -2.12. The SMILES string of the molecule is C.C.CC.C[C@@H](O)[C@H]1CCN(P)C1.C[C@H](O)[C@H]1CCN(P)C1.O=C[C@H]1CCN(P)C1.OC[C@H]1CCN(P)C1.S.S. The highest BCUT2D eigenvalue weighted by atomic mass is 32.1. The summed E-state index contributed by atoms with van der Waals surface area (Å²) in [7, 11) is 10.6. The van der Waals surface area contributed by atoms with Gasteiger partial charge in [-0.15, -0.1) is 0 Å². The van der Waals surface area contributed by atoms with E-state index >= 15 is 0 Å². The van der Waals surface area contributed by atoms with E-state index in [4.69, 9.17) is 15.3 Å². The lowest BCUT2D eigenvalue weighted by atomic mass is 10.0. The predicted octanol–water partition coefficient (Wildman–Crippen LogP) is 3.87. The average molecular weight is 689 g/mol. The fourth-order valence-electron chi connectivity index (χ4n) is 4.36. The van der Waals surface area contributed by atoms with Crippen molar-refractivity contribution in [2.45, 2.75) is 80.4 Å². The molecule has 0 bridgehead atoms. The molecule has 0 aromatic carbocycles. The van der Waals surface area contributed by atoms with Crippen LogP contribution >= 0.6 is 64.6 Å². The molecule has 40 heavy (non-hydrogen) atoms. The van der Waals surface area contributed by atoms with Crippen molar-refractivity contribution < 1.29 is 20.1 Å². The molecule has 0 amide bonds. The molecule has 4 aliphatic heterocycles. The third kappa shape index (κ3) is 24.2. The minimum Gasteiger partial charge on any atom is -0.396 e. The molecule has 0 radical (unpaired) electrons. The molecule has 10 atom stereocenters. The van der Waals surface area contributed by atoms with Gasteiger partial charge in [0.05, 0.1) is 12.2 Å². The Balaban J connectivity index is -0.000000129. The maximum atomic E-state index is 10.1. The zero-order chi connectivity index (χ0) is 27.7. The van der Waals surface area contributed by atoms with E-state index in [9.17, 15) is 4.79 Å². The summed E-state index contributed by atoms with van der Waals surface area (Å²) >= 11 is 0. The molecule has 14 heteroatoms. The molecule has 4 rings (SSSR count). The summed E-state index contributed by atoms with van der Waals surface area (Å²) in [6, 6.07) is 0. The number of carbonyl (C=O) groups is 1. The summed E-state index contributed by atoms with van der Waals surface area (Å²) in [5, 5.41) is 26.9. The molecule has 0 spiro atoms. The van der Waals surface area contributed by atoms with Gasteiger partial charge >= 0.3 is 0 Å². The van der Waals surface area contributed by atoms with Gasteiger partial charge in [-0.1, -0.05) is 66.3 Å². The van der Waals surface area contributed by atoms with Gasteiger partial charge in [0, 0.05) is 64.9 Å². The van der Waals surface area contributed by atoms with Crippen LogP contribution in [0.1, 0.15) is 68.2 Å². The summed E-state index contributed by atoms with van der Waals surface area (Å²) in [6.45, 7) is 16.5. The van der Waals surface area contributed by atoms with Crippen molar-refractivity contribution >= 4 is 70.8 Å². The molecule has 4 fully saturated rings. The molecule has 3 N–H and O–H groups in total. The van der Waals surface area contributed by atoms with Crippen molar-refractivity contribution in [2.24, 2.45) is 23.7 Å². The number of hydrogen-bond donors (Lipinski definition) is 3. The van der Waals surface area contributed by atoms with Crippen molar-refractivity contribution in [3.8, 4) is 0 Å². The second kappa shape index (κ2) is 30.8. The fraction of sp³-hybridized carbons (Fsp3) is 0.962. The number of aliphatic hydroxyl groups excluding tert-OH is 3. The largest absolute Gasteiger partial charge is 0.396 e. The van der Waals surface area contributed by atoms with E-state index in [2.05, 4.69) is 56.2 Å². The molecule has 8 nitrogen and oxygen atoms in total. The second-order valence-electron chi connectivity index (χ2n) is 10.1. The number of carbonyl (C=O) groups excluding carboxylic acids is 1. The van der Waals surface area contributed by atoms with Gasteiger partial charge in [0.1, 0.15) is 6.29 Å². The minimum absolute atomic E-state index is 0. The smallest absolute Gasteiger partial charge is 0.124 e. The van der Waals surface area contributed by atoms with Gasteiger partial charge in [-0.3, -0.25) is 18.7 Å². The molecule has 4 unspecified atom stereocenters. The van der Waals surface area contributed by atoms with Crippen molar-refractivity contribution in [2.75, 3.05) is 59.0 Å². The maximum absolute atomic E-state index is 10.1. The Morgan fingerprint density at radius 1 is 0.700 bits per heavy atom. The Kier molecular flexibility index (Phi) is 39.6.